The number of carbonyl (C=O) groups excluding carboxylic acids is 3. The number of nitrogens with zero attached hydrogens (tertiary/aromatic N) is 2. The van der Waals surface area contributed by atoms with Crippen LogP contribution in [0.3, 0.4) is 0 Å². The van der Waals surface area contributed by atoms with Crippen LogP contribution in [0.15, 0.2) is 11.0 Å². The number of unbranched alkanes of at least 4 members (excludes halogenated alkanes) is 2. The smallest absolute Gasteiger partial charge is 0.386 e. The van der Waals surface area contributed by atoms with Crippen LogP contribution in [0.25, 0.3) is 0 Å². The van der Waals surface area contributed by atoms with Gasteiger partial charge in [0.2, 0.25) is 11.8 Å². The number of nitrogens with two attached hydrogens (primary N) is 1. The molecule has 350 valence electrons. The normalized spacial score (nSPS) is 21.6. The Bertz CT molecular complexity index is 1670. The van der Waals surface area contributed by atoms with Crippen molar-refractivity contribution in [2.45, 2.75) is 101 Å². The molecule has 4 amide bonds. The first kappa shape index (κ1) is 52.2. The predicted molar refractivity (Wildman–Crippen MR) is 213 cm³/mol. The van der Waals surface area contributed by atoms with Crippen LogP contribution in [0, 0.1) is 0 Å². The minimum absolute atomic E-state index is 0.0000985. The molecule has 2 aliphatic rings. The number of ether oxygens (including phenoxy) is 5. The third kappa shape index (κ3) is 21.2. The monoisotopic (exact) mass is 917 g/mol. The van der Waals surface area contributed by atoms with Gasteiger partial charge in [-0.2, -0.15) is 4.98 Å². The van der Waals surface area contributed by atoms with Crippen LogP contribution in [-0.2, 0) is 57.9 Å². The lowest BCUT2D eigenvalue weighted by atomic mass is 10.0. The summed E-state index contributed by atoms with van der Waals surface area (Å²) in [5.41, 5.74) is 5.21. The second-order valence-electron chi connectivity index (χ2n) is 14.2. The Kier molecular flexibility index (Phi) is 23.2. The van der Waals surface area contributed by atoms with Crippen LogP contribution in [0.4, 0.5) is 10.6 Å². The first-order chi connectivity index (χ1) is 28.9. The van der Waals surface area contributed by atoms with E-state index in [9.17, 15) is 43.2 Å². The molecule has 0 bridgehead atoms. The number of hydrogen-bond donors (Lipinski definition) is 10. The van der Waals surface area contributed by atoms with Gasteiger partial charge >= 0.3 is 27.4 Å². The first-order valence-corrected chi connectivity index (χ1v) is 23.1. The minimum Gasteiger partial charge on any atom is -0.386 e. The topological polar surface area (TPSA) is 360 Å². The van der Waals surface area contributed by atoms with Crippen LogP contribution >= 0.6 is 15.6 Å². The Hall–Kier alpha value is -3.13. The van der Waals surface area contributed by atoms with E-state index in [1.165, 1.54) is 6.20 Å². The highest BCUT2D eigenvalue weighted by Crippen LogP contribution is 2.45. The van der Waals surface area contributed by atoms with E-state index in [1.807, 2.05) is 6.92 Å². The molecule has 2 saturated heterocycles. The van der Waals surface area contributed by atoms with Gasteiger partial charge in [-0.3, -0.25) is 23.2 Å². The summed E-state index contributed by atoms with van der Waals surface area (Å²) in [7, 11) is -10.3. The van der Waals surface area contributed by atoms with Crippen molar-refractivity contribution in [1.82, 2.24) is 30.8 Å². The fraction of sp³-hybridized carbons (Fsp3) is 0.794. The van der Waals surface area contributed by atoms with Crippen molar-refractivity contribution in [1.29, 1.82) is 0 Å². The summed E-state index contributed by atoms with van der Waals surface area (Å²) in [6.45, 7) is 4.65. The molecule has 61 heavy (non-hydrogen) atoms. The van der Waals surface area contributed by atoms with Crippen molar-refractivity contribution >= 4 is 39.3 Å². The standard InChI is InChI=1S/C34H61N7O18P2/c1-23-25(39-33(45)38-23)8-3-2-4-9-27(42)37-12-16-53-13-6-14-54-17-19-56-20-18-55-15-10-28(43)36-11-5-7-24-21-41(34(46)40-31(24)35)32-29(44)30(59-61(50,51)52)26(58-32)22-57-60(47,48)49/h21,23,25-26,29-30,32,44H,2-20,22H2,1H3,(H,36,43)(H,37,42)(H2,35,40,46)(H2,38,39,45)(H2,47,48,49)(H2,50,51,52)/t23-,25+,26+,29?,30?,32+/m0/s1. The lowest BCUT2D eigenvalue weighted by Gasteiger charge is -2.21. The summed E-state index contributed by atoms with van der Waals surface area (Å²) in [5, 5.41) is 22.0. The molecule has 0 aromatic carbocycles. The van der Waals surface area contributed by atoms with Crippen LogP contribution in [0.2, 0.25) is 0 Å². The summed E-state index contributed by atoms with van der Waals surface area (Å²) in [4.78, 5) is 88.4. The van der Waals surface area contributed by atoms with Crippen LogP contribution in [-0.4, -0.2) is 155 Å². The maximum atomic E-state index is 12.6. The number of aryl methyl sites for hydroxylation is 1. The van der Waals surface area contributed by atoms with Crippen LogP contribution in [0.5, 0.6) is 0 Å². The third-order valence-corrected chi connectivity index (χ3v) is 10.3. The fourth-order valence-electron chi connectivity index (χ4n) is 6.25. The number of anilines is 1. The van der Waals surface area contributed by atoms with E-state index in [2.05, 4.69) is 35.3 Å². The van der Waals surface area contributed by atoms with Gasteiger partial charge in [-0.1, -0.05) is 12.8 Å². The van der Waals surface area contributed by atoms with E-state index < -0.39 is 52.5 Å². The highest BCUT2D eigenvalue weighted by atomic mass is 31.2. The van der Waals surface area contributed by atoms with Gasteiger partial charge in [-0.25, -0.2) is 18.7 Å². The van der Waals surface area contributed by atoms with Gasteiger partial charge in [0.1, 0.15) is 24.1 Å². The van der Waals surface area contributed by atoms with Gasteiger partial charge in [0.15, 0.2) is 6.23 Å². The molecule has 3 heterocycles. The maximum Gasteiger partial charge on any atom is 0.470 e. The van der Waals surface area contributed by atoms with E-state index in [4.69, 9.17) is 39.2 Å². The molecule has 0 aliphatic carbocycles. The molecule has 25 nitrogen and oxygen atoms in total. The minimum atomic E-state index is -5.24. The summed E-state index contributed by atoms with van der Waals surface area (Å²) in [5.74, 6) is -0.419. The van der Waals surface area contributed by atoms with Crippen LogP contribution < -0.4 is 32.7 Å². The van der Waals surface area contributed by atoms with E-state index >= 15 is 0 Å². The molecule has 1 aromatic rings. The maximum absolute atomic E-state index is 12.6. The number of aromatic nitrogens is 2. The molecule has 11 N–H and O–H groups in total. The Morgan fingerprint density at radius 2 is 1.48 bits per heavy atom. The van der Waals surface area contributed by atoms with Gasteiger partial charge in [0.25, 0.3) is 0 Å². The Balaban J connectivity index is 1.15. The highest BCUT2D eigenvalue weighted by Gasteiger charge is 2.49. The molecule has 1 aromatic heterocycles. The number of aliphatic hydroxyl groups excluding tert-OH is 1. The first-order valence-electron chi connectivity index (χ1n) is 20.0. The van der Waals surface area contributed by atoms with Crippen LogP contribution in [0.1, 0.15) is 70.1 Å². The quantitative estimate of drug-likeness (QED) is 0.0297. The number of hydrogen-bond acceptors (Lipinski definition) is 16. The van der Waals surface area contributed by atoms with E-state index in [0.717, 1.165) is 30.3 Å². The molecule has 2 fully saturated rings. The molecule has 3 rings (SSSR count). The Morgan fingerprint density at radius 3 is 2.13 bits per heavy atom. The number of nitrogens with one attached hydrogen (secondary N) is 4. The predicted octanol–water partition coefficient (Wildman–Crippen LogP) is -1.30. The fourth-order valence-corrected chi connectivity index (χ4v) is 7.17. The molecule has 0 saturated carbocycles. The van der Waals surface area contributed by atoms with Crippen molar-refractivity contribution in [3.63, 3.8) is 0 Å². The summed E-state index contributed by atoms with van der Waals surface area (Å²) >= 11 is 0. The molecule has 0 spiro atoms. The van der Waals surface area contributed by atoms with Gasteiger partial charge in [0.05, 0.1) is 52.3 Å². The largest absolute Gasteiger partial charge is 0.470 e. The molecular formula is C34H61N7O18P2. The van der Waals surface area contributed by atoms with Gasteiger partial charge in [-0.05, 0) is 39.0 Å². The number of phosphoric acid groups is 2. The molecule has 27 heteroatoms. The number of rotatable bonds is 32. The van der Waals surface area contributed by atoms with Crippen molar-refractivity contribution < 1.29 is 80.9 Å². The summed E-state index contributed by atoms with van der Waals surface area (Å²) in [6.07, 6.45) is -0.434. The Labute approximate surface area is 352 Å². The van der Waals surface area contributed by atoms with E-state index in [1.54, 1.807) is 0 Å². The zero-order chi connectivity index (χ0) is 44.8. The second kappa shape index (κ2) is 27.1. The number of urea groups is 1. The second-order valence-corrected chi connectivity index (χ2v) is 16.6. The number of aliphatic hydroxyl groups is 1. The molecule has 6 atom stereocenters. The number of nitrogen functional groups attached to an aromatic ring is 1. The molecular weight excluding hydrogens is 856 g/mol. The van der Waals surface area contributed by atoms with Gasteiger partial charge < -0.3 is 75.4 Å². The SMILES string of the molecule is C[C@@H]1NC(=O)N[C@@H]1CCCCCC(=O)NCCOCCCOCCOCCOCCC(=O)NCCCc1cn([C@@H]2O[C@H](COP(=O)(O)O)C(OP(=O)(O)O)C2O)c(=O)nc1N. The Morgan fingerprint density at radius 1 is 0.836 bits per heavy atom. The van der Waals surface area contributed by atoms with Crippen molar-refractivity contribution in [3.8, 4) is 0 Å². The summed E-state index contributed by atoms with van der Waals surface area (Å²) < 4.78 is 59.8. The molecule has 0 radical (unpaired) electrons. The third-order valence-electron chi connectivity index (χ3n) is 9.32. The lowest BCUT2D eigenvalue weighted by molar-refractivity contribution is -0.122. The zero-order valence-corrected chi connectivity index (χ0v) is 35.9. The highest BCUT2D eigenvalue weighted by molar-refractivity contribution is 7.46. The van der Waals surface area contributed by atoms with Gasteiger partial charge in [0, 0.05) is 56.9 Å². The molecule has 2 aliphatic heterocycles. The van der Waals surface area contributed by atoms with Gasteiger partial charge in [-0.15, -0.1) is 0 Å². The zero-order valence-electron chi connectivity index (χ0n) is 34.1. The summed E-state index contributed by atoms with van der Waals surface area (Å²) in [6, 6.07) is 0.154. The van der Waals surface area contributed by atoms with E-state index in [-0.39, 0.29) is 68.3 Å². The average Bonchev–Trinajstić information content (AvgIpc) is 3.66. The number of amides is 4. The lowest BCUT2D eigenvalue weighted by Crippen LogP contribution is -2.38. The van der Waals surface area contributed by atoms with Crippen molar-refractivity contribution in [2.75, 3.05) is 78.3 Å². The molecule has 2 unspecified atom stereocenters. The van der Waals surface area contributed by atoms with E-state index in [0.29, 0.717) is 71.0 Å². The van der Waals surface area contributed by atoms with Crippen molar-refractivity contribution in [2.24, 2.45) is 0 Å². The number of phosphoric ester groups is 2. The van der Waals surface area contributed by atoms with Crippen molar-refractivity contribution in [3.05, 3.63) is 22.2 Å². The number of carbonyl (C=O) groups is 3. The average molecular weight is 918 g/mol.